The number of rotatable bonds is 3. The van der Waals surface area contributed by atoms with Crippen molar-refractivity contribution < 1.29 is 4.79 Å². The number of carbonyl (C=O) groups is 1. The maximum Gasteiger partial charge on any atom is 0.240 e. The van der Waals surface area contributed by atoms with Gasteiger partial charge in [0.2, 0.25) is 5.91 Å². The molecule has 0 aliphatic carbocycles. The van der Waals surface area contributed by atoms with Gasteiger partial charge >= 0.3 is 0 Å². The van der Waals surface area contributed by atoms with Gasteiger partial charge in [-0.2, -0.15) is 0 Å². The van der Waals surface area contributed by atoms with Crippen molar-refractivity contribution in [3.05, 3.63) is 36.2 Å². The van der Waals surface area contributed by atoms with Gasteiger partial charge in [-0.05, 0) is 31.9 Å². The lowest BCUT2D eigenvalue weighted by molar-refractivity contribution is -0.119. The van der Waals surface area contributed by atoms with E-state index < -0.39 is 0 Å². The van der Waals surface area contributed by atoms with Crippen LogP contribution < -0.4 is 10.6 Å². The SMILES string of the molecule is Cc1cc(N2CCC[C@@H]2C(N)=O)nc(-c2ccccn2)n1. The van der Waals surface area contributed by atoms with Gasteiger partial charge in [-0.15, -0.1) is 0 Å². The minimum Gasteiger partial charge on any atom is -0.368 e. The zero-order valence-electron chi connectivity index (χ0n) is 11.9. The third kappa shape index (κ3) is 2.69. The number of aromatic nitrogens is 3. The molecule has 1 amide bonds. The lowest BCUT2D eigenvalue weighted by Crippen LogP contribution is -2.40. The van der Waals surface area contributed by atoms with Crippen molar-refractivity contribution in [1.29, 1.82) is 0 Å². The van der Waals surface area contributed by atoms with Crippen molar-refractivity contribution in [3.63, 3.8) is 0 Å². The zero-order chi connectivity index (χ0) is 14.8. The minimum atomic E-state index is -0.303. The van der Waals surface area contributed by atoms with Gasteiger partial charge in [0, 0.05) is 24.5 Å². The topological polar surface area (TPSA) is 85.0 Å². The molecule has 0 unspecified atom stereocenters. The molecule has 0 saturated carbocycles. The van der Waals surface area contributed by atoms with Crippen molar-refractivity contribution >= 4 is 11.7 Å². The van der Waals surface area contributed by atoms with Crippen molar-refractivity contribution in [2.75, 3.05) is 11.4 Å². The molecule has 0 spiro atoms. The molecule has 0 aromatic carbocycles. The number of carbonyl (C=O) groups excluding carboxylic acids is 1. The first-order valence-electron chi connectivity index (χ1n) is 6.98. The first-order chi connectivity index (χ1) is 10.1. The Balaban J connectivity index is 2.00. The fraction of sp³-hybridized carbons (Fsp3) is 0.333. The molecule has 6 heteroatoms. The molecule has 2 N–H and O–H groups in total. The summed E-state index contributed by atoms with van der Waals surface area (Å²) < 4.78 is 0. The maximum absolute atomic E-state index is 11.5. The largest absolute Gasteiger partial charge is 0.368 e. The van der Waals surface area contributed by atoms with Gasteiger partial charge in [0.15, 0.2) is 5.82 Å². The Bertz CT molecular complexity index is 658. The number of hydrogen-bond donors (Lipinski definition) is 1. The van der Waals surface area contributed by atoms with E-state index in [0.717, 1.165) is 36.6 Å². The Morgan fingerprint density at radius 3 is 2.95 bits per heavy atom. The van der Waals surface area contributed by atoms with Gasteiger partial charge < -0.3 is 10.6 Å². The Labute approximate surface area is 123 Å². The average molecular weight is 283 g/mol. The number of nitrogens with zero attached hydrogens (tertiary/aromatic N) is 4. The number of pyridine rings is 1. The summed E-state index contributed by atoms with van der Waals surface area (Å²) in [4.78, 5) is 26.8. The van der Waals surface area contributed by atoms with Crippen LogP contribution in [0, 0.1) is 6.92 Å². The second-order valence-electron chi connectivity index (χ2n) is 5.16. The molecule has 1 aliphatic heterocycles. The van der Waals surface area contributed by atoms with Gasteiger partial charge in [-0.1, -0.05) is 6.07 Å². The molecule has 1 atom stereocenters. The van der Waals surface area contributed by atoms with Crippen LogP contribution in [0.25, 0.3) is 11.5 Å². The van der Waals surface area contributed by atoms with E-state index in [4.69, 9.17) is 5.73 Å². The van der Waals surface area contributed by atoms with Crippen LogP contribution in [0.4, 0.5) is 5.82 Å². The van der Waals surface area contributed by atoms with Crippen LogP contribution in [0.1, 0.15) is 18.5 Å². The highest BCUT2D eigenvalue weighted by atomic mass is 16.1. The van der Waals surface area contributed by atoms with Crippen LogP contribution in [0.2, 0.25) is 0 Å². The van der Waals surface area contributed by atoms with Crippen LogP contribution in [0.15, 0.2) is 30.5 Å². The van der Waals surface area contributed by atoms with E-state index in [1.165, 1.54) is 0 Å². The number of anilines is 1. The smallest absolute Gasteiger partial charge is 0.240 e. The number of aryl methyl sites for hydroxylation is 1. The van der Waals surface area contributed by atoms with Gasteiger partial charge in [0.25, 0.3) is 0 Å². The first kappa shape index (κ1) is 13.5. The second-order valence-corrected chi connectivity index (χ2v) is 5.16. The Hall–Kier alpha value is -2.50. The number of primary amides is 1. The molecule has 2 aromatic heterocycles. The summed E-state index contributed by atoms with van der Waals surface area (Å²) in [7, 11) is 0. The molecule has 2 aromatic rings. The van der Waals surface area contributed by atoms with Crippen LogP contribution >= 0.6 is 0 Å². The summed E-state index contributed by atoms with van der Waals surface area (Å²) in [5, 5.41) is 0. The molecule has 21 heavy (non-hydrogen) atoms. The summed E-state index contributed by atoms with van der Waals surface area (Å²) in [6, 6.07) is 7.22. The van der Waals surface area contributed by atoms with Gasteiger partial charge in [-0.3, -0.25) is 9.78 Å². The average Bonchev–Trinajstić information content (AvgIpc) is 2.97. The molecule has 0 radical (unpaired) electrons. The fourth-order valence-electron chi connectivity index (χ4n) is 2.65. The number of nitrogens with two attached hydrogens (primary N) is 1. The van der Waals surface area contributed by atoms with Gasteiger partial charge in [-0.25, -0.2) is 9.97 Å². The molecule has 3 heterocycles. The zero-order valence-corrected chi connectivity index (χ0v) is 11.9. The summed E-state index contributed by atoms with van der Waals surface area (Å²) in [6.45, 7) is 2.69. The van der Waals surface area contributed by atoms with Gasteiger partial charge in [0.1, 0.15) is 17.6 Å². The summed E-state index contributed by atoms with van der Waals surface area (Å²) in [6.07, 6.45) is 3.43. The molecule has 3 rings (SSSR count). The monoisotopic (exact) mass is 283 g/mol. The number of hydrogen-bond acceptors (Lipinski definition) is 5. The van der Waals surface area contributed by atoms with E-state index in [0.29, 0.717) is 5.82 Å². The second kappa shape index (κ2) is 5.47. The maximum atomic E-state index is 11.5. The van der Waals surface area contributed by atoms with Crippen LogP contribution in [0.3, 0.4) is 0 Å². The number of amides is 1. The van der Waals surface area contributed by atoms with E-state index in [2.05, 4.69) is 15.0 Å². The van der Waals surface area contributed by atoms with E-state index in [1.807, 2.05) is 36.1 Å². The van der Waals surface area contributed by atoms with Crippen LogP contribution in [-0.2, 0) is 4.79 Å². The third-order valence-corrected chi connectivity index (χ3v) is 3.61. The Morgan fingerprint density at radius 2 is 2.24 bits per heavy atom. The standard InChI is InChI=1S/C15H17N5O/c1-10-9-13(20-8-4-6-12(20)14(16)21)19-15(18-10)11-5-2-3-7-17-11/h2-3,5,7,9,12H,4,6,8H2,1H3,(H2,16,21)/t12-/m1/s1. The first-order valence-corrected chi connectivity index (χ1v) is 6.98. The molecular weight excluding hydrogens is 266 g/mol. The summed E-state index contributed by atoms with van der Waals surface area (Å²) in [5.74, 6) is 1.01. The third-order valence-electron chi connectivity index (χ3n) is 3.61. The minimum absolute atomic E-state index is 0.282. The van der Waals surface area contributed by atoms with Crippen molar-refractivity contribution in [2.45, 2.75) is 25.8 Å². The fourth-order valence-corrected chi connectivity index (χ4v) is 2.65. The molecule has 0 bridgehead atoms. The lowest BCUT2D eigenvalue weighted by atomic mass is 10.2. The Morgan fingerprint density at radius 1 is 1.38 bits per heavy atom. The molecule has 1 fully saturated rings. The Kier molecular flexibility index (Phi) is 3.51. The lowest BCUT2D eigenvalue weighted by Gasteiger charge is -2.23. The molecule has 1 saturated heterocycles. The normalized spacial score (nSPS) is 18.0. The van der Waals surface area contributed by atoms with E-state index >= 15 is 0 Å². The summed E-state index contributed by atoms with van der Waals surface area (Å²) >= 11 is 0. The highest BCUT2D eigenvalue weighted by molar-refractivity contribution is 5.84. The predicted octanol–water partition coefficient (Wildman–Crippen LogP) is 1.30. The van der Waals surface area contributed by atoms with E-state index in [9.17, 15) is 4.79 Å². The van der Waals surface area contributed by atoms with Gasteiger partial charge in [0.05, 0.1) is 0 Å². The summed E-state index contributed by atoms with van der Waals surface area (Å²) in [5.41, 5.74) is 7.04. The van der Waals surface area contributed by atoms with Crippen molar-refractivity contribution in [3.8, 4) is 11.5 Å². The van der Waals surface area contributed by atoms with Crippen molar-refractivity contribution in [2.24, 2.45) is 5.73 Å². The van der Waals surface area contributed by atoms with Crippen molar-refractivity contribution in [1.82, 2.24) is 15.0 Å². The van der Waals surface area contributed by atoms with Crippen LogP contribution in [0.5, 0.6) is 0 Å². The van der Waals surface area contributed by atoms with E-state index in [1.54, 1.807) is 6.20 Å². The molecule has 108 valence electrons. The predicted molar refractivity (Wildman–Crippen MR) is 79.6 cm³/mol. The highest BCUT2D eigenvalue weighted by Crippen LogP contribution is 2.26. The molecule has 1 aliphatic rings. The van der Waals surface area contributed by atoms with E-state index in [-0.39, 0.29) is 11.9 Å². The quantitative estimate of drug-likeness (QED) is 0.917. The highest BCUT2D eigenvalue weighted by Gasteiger charge is 2.30. The van der Waals surface area contributed by atoms with Crippen LogP contribution in [-0.4, -0.2) is 33.4 Å². The molecule has 6 nitrogen and oxygen atoms in total. The molecular formula is C15H17N5O.